The van der Waals surface area contributed by atoms with E-state index in [9.17, 15) is 13.9 Å². The zero-order chi connectivity index (χ0) is 15.2. The van der Waals surface area contributed by atoms with Crippen molar-refractivity contribution in [3.8, 4) is 11.5 Å². The first kappa shape index (κ1) is 15.3. The largest absolute Gasteiger partial charge is 0.504 e. The molecule has 0 saturated carbocycles. The molecule has 0 fully saturated rings. The average molecular weight is 293 g/mol. The number of para-hydroxylation sites is 1. The van der Waals surface area contributed by atoms with Crippen molar-refractivity contribution in [3.05, 3.63) is 59.2 Å². The Hall–Kier alpha value is -2.14. The summed E-state index contributed by atoms with van der Waals surface area (Å²) >= 11 is 0. The smallest absolute Gasteiger partial charge is 0.162 e. The van der Waals surface area contributed by atoms with Gasteiger partial charge in [-0.2, -0.15) is 0 Å². The van der Waals surface area contributed by atoms with Gasteiger partial charge in [0, 0.05) is 24.7 Å². The minimum absolute atomic E-state index is 0.0808. The summed E-state index contributed by atoms with van der Waals surface area (Å²) in [6, 6.07) is 8.60. The first-order valence-electron chi connectivity index (χ1n) is 6.69. The molecule has 0 radical (unpaired) electrons. The van der Waals surface area contributed by atoms with Crippen LogP contribution in [-0.4, -0.2) is 11.7 Å². The topological polar surface area (TPSA) is 41.5 Å². The van der Waals surface area contributed by atoms with E-state index < -0.39 is 11.6 Å². The minimum Gasteiger partial charge on any atom is -0.504 e. The molecule has 5 heteroatoms. The molecule has 21 heavy (non-hydrogen) atoms. The molecule has 0 aromatic heterocycles. The normalized spacial score (nSPS) is 10.6. The van der Waals surface area contributed by atoms with E-state index >= 15 is 0 Å². The maximum absolute atomic E-state index is 13.1. The summed E-state index contributed by atoms with van der Waals surface area (Å²) in [5, 5.41) is 13.1. The standard InChI is InChI=1S/C16H17F2NO2/c1-2-21-15-5-3-4-12(16(15)20)10-19-9-11-6-13(17)8-14(18)7-11/h3-8,19-20H,2,9-10H2,1H3. The molecule has 2 rings (SSSR count). The Kier molecular flexibility index (Phi) is 5.11. The van der Waals surface area contributed by atoms with Crippen molar-refractivity contribution in [2.45, 2.75) is 20.0 Å². The molecule has 112 valence electrons. The van der Waals surface area contributed by atoms with E-state index in [1.165, 1.54) is 12.1 Å². The Morgan fingerprint density at radius 3 is 2.48 bits per heavy atom. The number of phenols is 1. The highest BCUT2D eigenvalue weighted by molar-refractivity contribution is 5.45. The molecule has 0 aliphatic heterocycles. The van der Waals surface area contributed by atoms with Gasteiger partial charge in [0.1, 0.15) is 11.6 Å². The van der Waals surface area contributed by atoms with Crippen molar-refractivity contribution in [2.75, 3.05) is 6.61 Å². The number of benzene rings is 2. The lowest BCUT2D eigenvalue weighted by atomic mass is 10.1. The van der Waals surface area contributed by atoms with E-state index in [-0.39, 0.29) is 5.75 Å². The fourth-order valence-electron chi connectivity index (χ4n) is 2.04. The highest BCUT2D eigenvalue weighted by Gasteiger charge is 2.07. The number of rotatable bonds is 6. The SMILES string of the molecule is CCOc1cccc(CNCc2cc(F)cc(F)c2)c1O. The van der Waals surface area contributed by atoms with Gasteiger partial charge in [-0.25, -0.2) is 8.78 Å². The Labute approximate surface area is 122 Å². The molecule has 0 spiro atoms. The number of nitrogens with one attached hydrogen (secondary N) is 1. The number of aromatic hydroxyl groups is 1. The van der Waals surface area contributed by atoms with Crippen molar-refractivity contribution in [1.29, 1.82) is 0 Å². The second-order valence-electron chi connectivity index (χ2n) is 4.58. The average Bonchev–Trinajstić information content (AvgIpc) is 2.42. The number of halogens is 2. The molecule has 0 aliphatic carbocycles. The summed E-state index contributed by atoms with van der Waals surface area (Å²) < 4.78 is 31.4. The third-order valence-electron chi connectivity index (χ3n) is 2.95. The van der Waals surface area contributed by atoms with Crippen molar-refractivity contribution >= 4 is 0 Å². The summed E-state index contributed by atoms with van der Waals surface area (Å²) in [6.45, 7) is 2.97. The van der Waals surface area contributed by atoms with Crippen LogP contribution in [0.4, 0.5) is 8.78 Å². The van der Waals surface area contributed by atoms with Gasteiger partial charge >= 0.3 is 0 Å². The van der Waals surface area contributed by atoms with Crippen molar-refractivity contribution in [2.24, 2.45) is 0 Å². The molecule has 0 heterocycles. The Morgan fingerprint density at radius 1 is 1.10 bits per heavy atom. The number of hydrogen-bond acceptors (Lipinski definition) is 3. The first-order chi connectivity index (χ1) is 10.1. The van der Waals surface area contributed by atoms with Gasteiger partial charge in [-0.3, -0.25) is 0 Å². The van der Waals surface area contributed by atoms with Gasteiger partial charge in [0.25, 0.3) is 0 Å². The monoisotopic (exact) mass is 293 g/mol. The van der Waals surface area contributed by atoms with Crippen LogP contribution in [0, 0.1) is 11.6 Å². The van der Waals surface area contributed by atoms with Crippen LogP contribution in [0.3, 0.4) is 0 Å². The Bertz CT molecular complexity index is 597. The molecule has 0 amide bonds. The second-order valence-corrected chi connectivity index (χ2v) is 4.58. The van der Waals surface area contributed by atoms with E-state index in [4.69, 9.17) is 4.74 Å². The van der Waals surface area contributed by atoms with Crippen LogP contribution in [0.1, 0.15) is 18.1 Å². The molecule has 2 N–H and O–H groups in total. The summed E-state index contributed by atoms with van der Waals surface area (Å²) in [6.07, 6.45) is 0. The molecule has 3 nitrogen and oxygen atoms in total. The fourth-order valence-corrected chi connectivity index (χ4v) is 2.04. The quantitative estimate of drug-likeness (QED) is 0.858. The van der Waals surface area contributed by atoms with Crippen LogP contribution in [0.5, 0.6) is 11.5 Å². The van der Waals surface area contributed by atoms with Crippen LogP contribution in [0.2, 0.25) is 0 Å². The maximum Gasteiger partial charge on any atom is 0.162 e. The predicted molar refractivity (Wildman–Crippen MR) is 76.2 cm³/mol. The van der Waals surface area contributed by atoms with Crippen molar-refractivity contribution < 1.29 is 18.6 Å². The summed E-state index contributed by atoms with van der Waals surface area (Å²) in [4.78, 5) is 0. The van der Waals surface area contributed by atoms with E-state index in [1.54, 1.807) is 18.2 Å². The van der Waals surface area contributed by atoms with E-state index in [0.29, 0.717) is 36.6 Å². The fraction of sp³-hybridized carbons (Fsp3) is 0.250. The lowest BCUT2D eigenvalue weighted by Crippen LogP contribution is -2.13. The van der Waals surface area contributed by atoms with Crippen LogP contribution in [-0.2, 0) is 13.1 Å². The minimum atomic E-state index is -0.604. The van der Waals surface area contributed by atoms with Gasteiger partial charge in [0.05, 0.1) is 6.61 Å². The first-order valence-corrected chi connectivity index (χ1v) is 6.69. The van der Waals surface area contributed by atoms with Gasteiger partial charge in [-0.1, -0.05) is 12.1 Å². The summed E-state index contributed by atoms with van der Waals surface area (Å²) in [5.41, 5.74) is 1.17. The van der Waals surface area contributed by atoms with Gasteiger partial charge in [-0.15, -0.1) is 0 Å². The van der Waals surface area contributed by atoms with E-state index in [1.807, 2.05) is 6.92 Å². The van der Waals surface area contributed by atoms with Crippen molar-refractivity contribution in [1.82, 2.24) is 5.32 Å². The van der Waals surface area contributed by atoms with Crippen LogP contribution in [0.15, 0.2) is 36.4 Å². The molecular formula is C16H17F2NO2. The molecule has 0 bridgehead atoms. The maximum atomic E-state index is 13.1. The lowest BCUT2D eigenvalue weighted by molar-refractivity contribution is 0.316. The third-order valence-corrected chi connectivity index (χ3v) is 2.95. The van der Waals surface area contributed by atoms with Crippen LogP contribution < -0.4 is 10.1 Å². The second kappa shape index (κ2) is 7.04. The predicted octanol–water partition coefficient (Wildman–Crippen LogP) is 3.36. The summed E-state index contributed by atoms with van der Waals surface area (Å²) in [7, 11) is 0. The van der Waals surface area contributed by atoms with Crippen LogP contribution >= 0.6 is 0 Å². The highest BCUT2D eigenvalue weighted by Crippen LogP contribution is 2.29. The van der Waals surface area contributed by atoms with Gasteiger partial charge in [0.15, 0.2) is 11.5 Å². The molecule has 0 unspecified atom stereocenters. The number of phenolic OH excluding ortho intramolecular Hbond substituents is 1. The Balaban J connectivity index is 1.98. The molecule has 2 aromatic carbocycles. The van der Waals surface area contributed by atoms with Crippen molar-refractivity contribution in [3.63, 3.8) is 0 Å². The highest BCUT2D eigenvalue weighted by atomic mass is 19.1. The lowest BCUT2D eigenvalue weighted by Gasteiger charge is -2.11. The van der Waals surface area contributed by atoms with Gasteiger partial charge < -0.3 is 15.2 Å². The third kappa shape index (κ3) is 4.16. The molecule has 0 saturated heterocycles. The molecule has 2 aromatic rings. The van der Waals surface area contributed by atoms with E-state index in [0.717, 1.165) is 6.07 Å². The van der Waals surface area contributed by atoms with E-state index in [2.05, 4.69) is 5.32 Å². The molecule has 0 atom stereocenters. The van der Waals surface area contributed by atoms with Gasteiger partial charge in [0.2, 0.25) is 0 Å². The molecule has 0 aliphatic rings. The summed E-state index contributed by atoms with van der Waals surface area (Å²) in [5.74, 6) is -0.702. The molecular weight excluding hydrogens is 276 g/mol. The number of hydrogen-bond donors (Lipinski definition) is 2. The zero-order valence-electron chi connectivity index (χ0n) is 11.7. The van der Waals surface area contributed by atoms with Gasteiger partial charge in [-0.05, 0) is 30.7 Å². The zero-order valence-corrected chi connectivity index (χ0v) is 11.7. The number of ether oxygens (including phenoxy) is 1. The Morgan fingerprint density at radius 2 is 1.81 bits per heavy atom. The van der Waals surface area contributed by atoms with Crippen LogP contribution in [0.25, 0.3) is 0 Å².